The van der Waals surface area contributed by atoms with Crippen LogP contribution >= 0.6 is 22.9 Å². The van der Waals surface area contributed by atoms with Crippen LogP contribution in [0.2, 0.25) is 5.02 Å². The van der Waals surface area contributed by atoms with Crippen molar-refractivity contribution in [2.45, 2.75) is 18.7 Å². The molecule has 5 rings (SSSR count). The van der Waals surface area contributed by atoms with Crippen molar-refractivity contribution >= 4 is 59.8 Å². The molecule has 0 saturated carbocycles. The normalized spacial score (nSPS) is 12.0. The number of aryl methyl sites for hydroxylation is 2. The van der Waals surface area contributed by atoms with Crippen molar-refractivity contribution in [2.75, 3.05) is 4.72 Å². The van der Waals surface area contributed by atoms with Gasteiger partial charge in [0.25, 0.3) is 10.0 Å². The fourth-order valence-corrected chi connectivity index (χ4v) is 6.18. The van der Waals surface area contributed by atoms with Crippen LogP contribution in [0.15, 0.2) is 70.0 Å². The van der Waals surface area contributed by atoms with Crippen LogP contribution in [-0.2, 0) is 10.0 Å². The highest BCUT2D eigenvalue weighted by molar-refractivity contribution is 7.92. The van der Waals surface area contributed by atoms with E-state index in [-0.39, 0.29) is 4.90 Å². The second kappa shape index (κ2) is 7.37. The van der Waals surface area contributed by atoms with E-state index in [9.17, 15) is 8.42 Å². The summed E-state index contributed by atoms with van der Waals surface area (Å²) in [4.78, 5) is 6.41. The molecule has 2 aromatic carbocycles. The number of hydrogen-bond donors (Lipinski definition) is 1. The molecule has 31 heavy (non-hydrogen) atoms. The molecular weight excluding hydrogens is 452 g/mol. The van der Waals surface area contributed by atoms with Crippen molar-refractivity contribution in [3.63, 3.8) is 0 Å². The van der Waals surface area contributed by atoms with Crippen molar-refractivity contribution in [2.24, 2.45) is 0 Å². The van der Waals surface area contributed by atoms with Gasteiger partial charge in [-0.05, 0) is 55.8 Å². The van der Waals surface area contributed by atoms with Crippen molar-refractivity contribution < 1.29 is 12.8 Å². The van der Waals surface area contributed by atoms with Gasteiger partial charge in [0.1, 0.15) is 16.2 Å². The molecule has 0 fully saturated rings. The first-order valence-electron chi connectivity index (χ1n) is 9.50. The third kappa shape index (κ3) is 3.59. The van der Waals surface area contributed by atoms with E-state index in [1.807, 2.05) is 44.2 Å². The Hall–Kier alpha value is -2.87. The van der Waals surface area contributed by atoms with Crippen LogP contribution in [-0.4, -0.2) is 13.4 Å². The molecule has 8 heteroatoms. The number of nitrogens with one attached hydrogen (secondary N) is 1. The summed E-state index contributed by atoms with van der Waals surface area (Å²) < 4.78 is 34.8. The first kappa shape index (κ1) is 20.1. The van der Waals surface area contributed by atoms with Gasteiger partial charge in [0.05, 0.1) is 15.5 Å². The quantitative estimate of drug-likeness (QED) is 0.315. The Kier molecular flexibility index (Phi) is 4.77. The zero-order valence-electron chi connectivity index (χ0n) is 16.6. The molecule has 3 heterocycles. The predicted molar refractivity (Wildman–Crippen MR) is 127 cm³/mol. The van der Waals surface area contributed by atoms with Gasteiger partial charge in [-0.1, -0.05) is 35.9 Å². The SMILES string of the molecule is Cc1cc(NS(=O)(=O)c2cccc(Cl)c2)c2c(C)c(-c3cc4ccccc4o3)sc2n1. The van der Waals surface area contributed by atoms with Gasteiger partial charge in [0.2, 0.25) is 0 Å². The van der Waals surface area contributed by atoms with Gasteiger partial charge >= 0.3 is 0 Å². The van der Waals surface area contributed by atoms with E-state index in [1.54, 1.807) is 18.2 Å². The molecule has 3 aromatic heterocycles. The lowest BCUT2D eigenvalue weighted by atomic mass is 10.1. The highest BCUT2D eigenvalue weighted by atomic mass is 35.5. The Labute approximate surface area is 188 Å². The van der Waals surface area contributed by atoms with Crippen LogP contribution in [0.3, 0.4) is 0 Å². The monoisotopic (exact) mass is 468 g/mol. The van der Waals surface area contributed by atoms with Gasteiger partial charge in [-0.2, -0.15) is 0 Å². The van der Waals surface area contributed by atoms with Crippen LogP contribution < -0.4 is 4.72 Å². The minimum absolute atomic E-state index is 0.105. The summed E-state index contributed by atoms with van der Waals surface area (Å²) in [6.07, 6.45) is 0. The summed E-state index contributed by atoms with van der Waals surface area (Å²) in [6, 6.07) is 17.7. The lowest BCUT2D eigenvalue weighted by Gasteiger charge is -2.11. The molecular formula is C23H17ClN2O3S2. The van der Waals surface area contributed by atoms with E-state index in [4.69, 9.17) is 16.0 Å². The molecule has 0 unspecified atom stereocenters. The molecule has 5 aromatic rings. The zero-order valence-corrected chi connectivity index (χ0v) is 19.0. The largest absolute Gasteiger partial charge is 0.455 e. The van der Waals surface area contributed by atoms with Crippen LogP contribution in [0.25, 0.3) is 31.8 Å². The summed E-state index contributed by atoms with van der Waals surface area (Å²) in [5.74, 6) is 0.739. The maximum absolute atomic E-state index is 13.0. The molecule has 0 spiro atoms. The maximum Gasteiger partial charge on any atom is 0.261 e. The maximum atomic E-state index is 13.0. The van der Waals surface area contributed by atoms with Crippen molar-refractivity contribution in [3.8, 4) is 10.6 Å². The van der Waals surface area contributed by atoms with E-state index >= 15 is 0 Å². The Balaban J connectivity index is 1.66. The van der Waals surface area contributed by atoms with E-state index in [0.717, 1.165) is 37.4 Å². The number of sulfonamides is 1. The van der Waals surface area contributed by atoms with Crippen LogP contribution in [0, 0.1) is 13.8 Å². The summed E-state index contributed by atoms with van der Waals surface area (Å²) in [5, 5.41) is 2.13. The smallest absolute Gasteiger partial charge is 0.261 e. The number of fused-ring (bicyclic) bond motifs is 2. The second-order valence-corrected chi connectivity index (χ2v) is 10.4. The molecule has 5 nitrogen and oxygen atoms in total. The topological polar surface area (TPSA) is 72.2 Å². The highest BCUT2D eigenvalue weighted by Gasteiger charge is 2.22. The number of anilines is 1. The third-order valence-electron chi connectivity index (χ3n) is 5.03. The average Bonchev–Trinajstić information content (AvgIpc) is 3.28. The number of benzene rings is 2. The first-order chi connectivity index (χ1) is 14.8. The second-order valence-electron chi connectivity index (χ2n) is 7.26. The fraction of sp³-hybridized carbons (Fsp3) is 0.0870. The molecule has 0 amide bonds. The number of rotatable bonds is 4. The Morgan fingerprint density at radius 3 is 2.61 bits per heavy atom. The van der Waals surface area contributed by atoms with Crippen molar-refractivity contribution in [1.82, 2.24) is 4.98 Å². The van der Waals surface area contributed by atoms with Gasteiger partial charge in [0.15, 0.2) is 0 Å². The zero-order chi connectivity index (χ0) is 21.8. The minimum atomic E-state index is -3.82. The summed E-state index contributed by atoms with van der Waals surface area (Å²) in [7, 11) is -3.82. The van der Waals surface area contributed by atoms with Crippen molar-refractivity contribution in [3.05, 3.63) is 76.9 Å². The molecule has 0 atom stereocenters. The number of aromatic nitrogens is 1. The third-order valence-corrected chi connectivity index (χ3v) is 7.83. The number of pyridine rings is 1. The minimum Gasteiger partial charge on any atom is -0.455 e. The molecule has 0 aliphatic heterocycles. The van der Waals surface area contributed by atoms with E-state index in [1.165, 1.54) is 23.5 Å². The molecule has 0 bridgehead atoms. The van der Waals surface area contributed by atoms with E-state index in [0.29, 0.717) is 16.4 Å². The number of hydrogen-bond acceptors (Lipinski definition) is 5. The lowest BCUT2D eigenvalue weighted by Crippen LogP contribution is -2.13. The molecule has 156 valence electrons. The van der Waals surface area contributed by atoms with E-state index in [2.05, 4.69) is 9.71 Å². The molecule has 0 saturated heterocycles. The lowest BCUT2D eigenvalue weighted by molar-refractivity contribution is 0.601. The molecule has 0 aliphatic carbocycles. The Bertz CT molecular complexity index is 1540. The predicted octanol–water partition coefficient (Wildman–Crippen LogP) is 6.78. The van der Waals surface area contributed by atoms with Gasteiger partial charge < -0.3 is 4.42 Å². The van der Waals surface area contributed by atoms with Gasteiger partial charge in [-0.15, -0.1) is 11.3 Å². The number of para-hydroxylation sites is 1. The van der Waals surface area contributed by atoms with Crippen LogP contribution in [0.4, 0.5) is 5.69 Å². The van der Waals surface area contributed by atoms with Gasteiger partial charge in [-0.3, -0.25) is 4.72 Å². The van der Waals surface area contributed by atoms with Crippen molar-refractivity contribution in [1.29, 1.82) is 0 Å². The highest BCUT2D eigenvalue weighted by Crippen LogP contribution is 2.42. The number of nitrogens with zero attached hydrogens (tertiary/aromatic N) is 1. The fourth-order valence-electron chi connectivity index (χ4n) is 3.61. The standard InChI is InChI=1S/C23H17ClN2O3S2/c1-13-10-18(26-31(27,28)17-8-5-7-16(24)12-17)21-14(2)22(30-23(21)25-13)20-11-15-6-3-4-9-19(15)29-20/h3-12H,1-2H3,(H,25,26). The molecule has 1 N–H and O–H groups in total. The summed E-state index contributed by atoms with van der Waals surface area (Å²) >= 11 is 7.48. The van der Waals surface area contributed by atoms with Gasteiger partial charge in [-0.25, -0.2) is 13.4 Å². The number of furan rings is 1. The number of thiophene rings is 1. The summed E-state index contributed by atoms with van der Waals surface area (Å²) in [6.45, 7) is 3.79. The van der Waals surface area contributed by atoms with E-state index < -0.39 is 10.0 Å². The van der Waals surface area contributed by atoms with Crippen LogP contribution in [0.5, 0.6) is 0 Å². The summed E-state index contributed by atoms with van der Waals surface area (Å²) in [5.41, 5.74) is 2.92. The number of halogens is 1. The van der Waals surface area contributed by atoms with Gasteiger partial charge in [0, 0.05) is 21.5 Å². The average molecular weight is 469 g/mol. The van der Waals surface area contributed by atoms with Crippen LogP contribution in [0.1, 0.15) is 11.3 Å². The Morgan fingerprint density at radius 2 is 1.84 bits per heavy atom. The first-order valence-corrected chi connectivity index (χ1v) is 12.2. The molecule has 0 aliphatic rings. The Morgan fingerprint density at radius 1 is 1.03 bits per heavy atom. The molecule has 0 radical (unpaired) electrons.